The highest BCUT2D eigenvalue weighted by Gasteiger charge is 2.11. The maximum absolute atomic E-state index is 11.9. The van der Waals surface area contributed by atoms with Crippen LogP contribution in [0.15, 0.2) is 36.7 Å². The van der Waals surface area contributed by atoms with E-state index in [1.165, 1.54) is 0 Å². The van der Waals surface area contributed by atoms with E-state index in [0.717, 1.165) is 16.7 Å². The fourth-order valence-corrected chi connectivity index (χ4v) is 2.05. The Balaban J connectivity index is 1.87. The van der Waals surface area contributed by atoms with Crippen LogP contribution in [0.1, 0.15) is 29.7 Å². The largest absolute Gasteiger partial charge is 0.392 e. The summed E-state index contributed by atoms with van der Waals surface area (Å²) in [4.78, 5) is 11.9. The molecule has 0 aliphatic heterocycles. The summed E-state index contributed by atoms with van der Waals surface area (Å²) in [5, 5.41) is 19.0. The fourth-order valence-electron chi connectivity index (χ4n) is 2.05. The number of aliphatic hydroxyl groups is 1. The molecule has 0 fully saturated rings. The summed E-state index contributed by atoms with van der Waals surface area (Å²) in [6, 6.07) is 7.10. The van der Waals surface area contributed by atoms with Gasteiger partial charge < -0.3 is 15.7 Å². The Morgan fingerprint density at radius 3 is 2.71 bits per heavy atom. The van der Waals surface area contributed by atoms with Crippen molar-refractivity contribution in [2.24, 2.45) is 7.05 Å². The van der Waals surface area contributed by atoms with E-state index in [1.807, 2.05) is 44.4 Å². The van der Waals surface area contributed by atoms with Crippen LogP contribution in [0.2, 0.25) is 0 Å². The number of amides is 2. The molecule has 0 spiro atoms. The minimum Gasteiger partial charge on any atom is -0.392 e. The summed E-state index contributed by atoms with van der Waals surface area (Å²) in [5.74, 6) is 0. The SMILES string of the molecule is C[C@@H](NC(=O)NCc1ccccc1CO)c1cnn(C)c1. The number of hydrogen-bond acceptors (Lipinski definition) is 3. The molecule has 3 N–H and O–H groups in total. The zero-order valence-corrected chi connectivity index (χ0v) is 12.2. The molecule has 0 saturated heterocycles. The summed E-state index contributed by atoms with van der Waals surface area (Å²) < 4.78 is 1.70. The quantitative estimate of drug-likeness (QED) is 0.779. The molecule has 2 amide bonds. The van der Waals surface area contributed by atoms with Crippen molar-refractivity contribution in [1.82, 2.24) is 20.4 Å². The lowest BCUT2D eigenvalue weighted by molar-refractivity contribution is 0.237. The Hall–Kier alpha value is -2.34. The van der Waals surface area contributed by atoms with E-state index >= 15 is 0 Å². The van der Waals surface area contributed by atoms with E-state index in [4.69, 9.17) is 0 Å². The number of hydrogen-bond donors (Lipinski definition) is 3. The highest BCUT2D eigenvalue weighted by molar-refractivity contribution is 5.74. The number of rotatable bonds is 5. The van der Waals surface area contributed by atoms with Gasteiger partial charge in [-0.15, -0.1) is 0 Å². The number of urea groups is 1. The number of carbonyl (C=O) groups excluding carboxylic acids is 1. The van der Waals surface area contributed by atoms with E-state index in [2.05, 4.69) is 15.7 Å². The third-order valence-electron chi connectivity index (χ3n) is 3.30. The molecular weight excluding hydrogens is 268 g/mol. The van der Waals surface area contributed by atoms with Gasteiger partial charge in [-0.25, -0.2) is 4.79 Å². The molecule has 0 bridgehead atoms. The first-order valence-electron chi connectivity index (χ1n) is 6.80. The normalized spacial score (nSPS) is 12.0. The highest BCUT2D eigenvalue weighted by Crippen LogP contribution is 2.10. The van der Waals surface area contributed by atoms with Gasteiger partial charge in [0.25, 0.3) is 0 Å². The van der Waals surface area contributed by atoms with Gasteiger partial charge >= 0.3 is 6.03 Å². The molecule has 2 aromatic rings. The second-order valence-corrected chi connectivity index (χ2v) is 4.92. The van der Waals surface area contributed by atoms with Crippen molar-refractivity contribution in [3.8, 4) is 0 Å². The van der Waals surface area contributed by atoms with Gasteiger partial charge in [-0.05, 0) is 18.1 Å². The highest BCUT2D eigenvalue weighted by atomic mass is 16.3. The van der Waals surface area contributed by atoms with Crippen LogP contribution in [0.5, 0.6) is 0 Å². The molecule has 1 atom stereocenters. The van der Waals surface area contributed by atoms with Crippen LogP contribution in [0.3, 0.4) is 0 Å². The van der Waals surface area contributed by atoms with Crippen LogP contribution in [-0.2, 0) is 20.2 Å². The maximum Gasteiger partial charge on any atom is 0.315 e. The molecule has 21 heavy (non-hydrogen) atoms. The first-order valence-corrected chi connectivity index (χ1v) is 6.80. The van der Waals surface area contributed by atoms with Crippen molar-refractivity contribution < 1.29 is 9.90 Å². The molecule has 6 nitrogen and oxygen atoms in total. The van der Waals surface area contributed by atoms with Crippen molar-refractivity contribution in [3.63, 3.8) is 0 Å². The summed E-state index contributed by atoms with van der Waals surface area (Å²) >= 11 is 0. The Morgan fingerprint density at radius 2 is 2.10 bits per heavy atom. The van der Waals surface area contributed by atoms with Crippen molar-refractivity contribution in [3.05, 3.63) is 53.3 Å². The van der Waals surface area contributed by atoms with Crippen LogP contribution >= 0.6 is 0 Å². The smallest absolute Gasteiger partial charge is 0.315 e. The minimum absolute atomic E-state index is 0.0362. The van der Waals surface area contributed by atoms with Gasteiger partial charge in [0.05, 0.1) is 18.8 Å². The number of carbonyl (C=O) groups is 1. The standard InChI is InChI=1S/C15H20N4O2/c1-11(14-8-17-19(2)9-14)18-15(21)16-7-12-5-3-4-6-13(12)10-20/h3-6,8-9,11,20H,7,10H2,1-2H3,(H2,16,18,21)/t11-/m1/s1. The molecule has 6 heteroatoms. The van der Waals surface area contributed by atoms with Gasteiger partial charge in [0.2, 0.25) is 0 Å². The fraction of sp³-hybridized carbons (Fsp3) is 0.333. The van der Waals surface area contributed by atoms with Crippen molar-refractivity contribution >= 4 is 6.03 Å². The van der Waals surface area contributed by atoms with Gasteiger partial charge in [-0.2, -0.15) is 5.10 Å². The van der Waals surface area contributed by atoms with Gasteiger partial charge in [0.15, 0.2) is 0 Å². The maximum atomic E-state index is 11.9. The van der Waals surface area contributed by atoms with E-state index in [1.54, 1.807) is 10.9 Å². The van der Waals surface area contributed by atoms with Crippen LogP contribution in [0.25, 0.3) is 0 Å². The lowest BCUT2D eigenvalue weighted by Gasteiger charge is -2.14. The van der Waals surface area contributed by atoms with E-state index in [9.17, 15) is 9.90 Å². The molecule has 1 aromatic heterocycles. The molecule has 0 aliphatic rings. The molecule has 1 heterocycles. The average molecular weight is 288 g/mol. The zero-order chi connectivity index (χ0) is 15.2. The predicted molar refractivity (Wildman–Crippen MR) is 79.4 cm³/mol. The second kappa shape index (κ2) is 6.90. The van der Waals surface area contributed by atoms with Gasteiger partial charge in [0.1, 0.15) is 0 Å². The average Bonchev–Trinajstić information content (AvgIpc) is 2.92. The predicted octanol–water partition coefficient (Wildman–Crippen LogP) is 1.47. The van der Waals surface area contributed by atoms with Gasteiger partial charge in [-0.3, -0.25) is 4.68 Å². The van der Waals surface area contributed by atoms with Crippen molar-refractivity contribution in [2.45, 2.75) is 26.1 Å². The molecule has 0 aliphatic carbocycles. The Labute approximate surface area is 123 Å². The summed E-state index contributed by atoms with van der Waals surface area (Å²) in [5.41, 5.74) is 2.67. The van der Waals surface area contributed by atoms with Crippen molar-refractivity contribution in [1.29, 1.82) is 0 Å². The van der Waals surface area contributed by atoms with E-state index in [0.29, 0.717) is 6.54 Å². The zero-order valence-electron chi connectivity index (χ0n) is 12.2. The molecule has 2 rings (SSSR count). The van der Waals surface area contributed by atoms with Gasteiger partial charge in [0, 0.05) is 25.4 Å². The van der Waals surface area contributed by atoms with Crippen LogP contribution in [0.4, 0.5) is 4.79 Å². The topological polar surface area (TPSA) is 79.2 Å². The number of aromatic nitrogens is 2. The summed E-state index contributed by atoms with van der Waals surface area (Å²) in [6.45, 7) is 2.24. The molecule has 0 saturated carbocycles. The molecule has 112 valence electrons. The Morgan fingerprint density at radius 1 is 1.38 bits per heavy atom. The van der Waals surface area contributed by atoms with E-state index in [-0.39, 0.29) is 18.7 Å². The third-order valence-corrected chi connectivity index (χ3v) is 3.30. The number of benzene rings is 1. The monoisotopic (exact) mass is 288 g/mol. The molecule has 0 radical (unpaired) electrons. The number of nitrogens with one attached hydrogen (secondary N) is 2. The molecule has 1 aromatic carbocycles. The lowest BCUT2D eigenvalue weighted by atomic mass is 10.1. The first-order chi connectivity index (χ1) is 10.1. The number of nitrogens with zero attached hydrogens (tertiary/aromatic N) is 2. The Bertz CT molecular complexity index is 609. The van der Waals surface area contributed by atoms with Crippen LogP contribution in [-0.4, -0.2) is 20.9 Å². The van der Waals surface area contributed by atoms with Crippen LogP contribution < -0.4 is 10.6 Å². The van der Waals surface area contributed by atoms with Gasteiger partial charge in [-0.1, -0.05) is 24.3 Å². The lowest BCUT2D eigenvalue weighted by Crippen LogP contribution is -2.36. The second-order valence-electron chi connectivity index (χ2n) is 4.92. The first kappa shape index (κ1) is 15.1. The Kier molecular flexibility index (Phi) is 4.94. The third kappa shape index (κ3) is 4.06. The molecular formula is C15H20N4O2. The van der Waals surface area contributed by atoms with Crippen LogP contribution in [0, 0.1) is 0 Å². The number of aliphatic hydroxyl groups excluding tert-OH is 1. The summed E-state index contributed by atoms with van der Waals surface area (Å²) in [7, 11) is 1.84. The van der Waals surface area contributed by atoms with Crippen molar-refractivity contribution in [2.75, 3.05) is 0 Å². The van der Waals surface area contributed by atoms with E-state index < -0.39 is 0 Å². The molecule has 0 unspecified atom stereocenters. The summed E-state index contributed by atoms with van der Waals surface area (Å²) in [6.07, 6.45) is 3.60. The minimum atomic E-state index is -0.251. The number of aryl methyl sites for hydroxylation is 1.